The Balaban J connectivity index is 1.98. The first-order chi connectivity index (χ1) is 14.8. The number of nitrogens with one attached hydrogen (secondary N) is 1. The predicted octanol–water partition coefficient (Wildman–Crippen LogP) is 4.24. The maximum Gasteiger partial charge on any atom is 0.433 e. The molecule has 3 rings (SSSR count). The molecule has 1 aliphatic heterocycles. The minimum Gasteiger partial charge on any atom is -0.496 e. The number of aromatic nitrogens is 2. The molecule has 1 saturated heterocycles. The molecule has 1 aliphatic rings. The van der Waals surface area contributed by atoms with Gasteiger partial charge in [-0.15, -0.1) is 0 Å². The van der Waals surface area contributed by atoms with Crippen LogP contribution in [-0.2, 0) is 15.7 Å². The molecular formula is C22H24F3N3O4. The van der Waals surface area contributed by atoms with Crippen LogP contribution in [0.2, 0.25) is 0 Å². The largest absolute Gasteiger partial charge is 0.496 e. The van der Waals surface area contributed by atoms with E-state index in [1.165, 1.54) is 32.4 Å². The van der Waals surface area contributed by atoms with Crippen molar-refractivity contribution in [1.29, 1.82) is 0 Å². The molecule has 0 unspecified atom stereocenters. The molecule has 0 saturated carbocycles. The van der Waals surface area contributed by atoms with Gasteiger partial charge in [0, 0.05) is 42.6 Å². The van der Waals surface area contributed by atoms with E-state index in [1.807, 2.05) is 20.8 Å². The number of amides is 1. The number of halogens is 3. The van der Waals surface area contributed by atoms with E-state index in [1.54, 1.807) is 0 Å². The van der Waals surface area contributed by atoms with Gasteiger partial charge in [-0.25, -0.2) is 0 Å². The van der Waals surface area contributed by atoms with E-state index in [0.29, 0.717) is 11.3 Å². The Morgan fingerprint density at radius 2 is 1.91 bits per heavy atom. The van der Waals surface area contributed by atoms with Crippen LogP contribution in [0.25, 0.3) is 0 Å². The molecule has 3 atom stereocenters. The molecule has 0 radical (unpaired) electrons. The van der Waals surface area contributed by atoms with Crippen molar-refractivity contribution in [2.75, 3.05) is 12.4 Å². The van der Waals surface area contributed by atoms with Gasteiger partial charge < -0.3 is 14.8 Å². The molecule has 32 heavy (non-hydrogen) atoms. The van der Waals surface area contributed by atoms with Gasteiger partial charge in [-0.05, 0) is 31.9 Å². The number of hydrogen-bond acceptors (Lipinski definition) is 6. The number of carbonyl (C=O) groups excluding carboxylic acids is 2. The molecule has 1 fully saturated rings. The number of carbonyl (C=O) groups is 2. The maximum absolute atomic E-state index is 13.2. The quantitative estimate of drug-likeness (QED) is 0.684. The van der Waals surface area contributed by atoms with Crippen LogP contribution in [0.4, 0.5) is 18.9 Å². The molecular weight excluding hydrogens is 427 g/mol. The number of rotatable bonds is 5. The molecule has 1 N–H and O–H groups in total. The zero-order valence-corrected chi connectivity index (χ0v) is 18.3. The van der Waals surface area contributed by atoms with Crippen molar-refractivity contribution in [2.45, 2.75) is 51.5 Å². The van der Waals surface area contributed by atoms with E-state index in [2.05, 4.69) is 15.3 Å². The average molecular weight is 451 g/mol. The number of anilines is 1. The second-order valence-corrected chi connectivity index (χ2v) is 8.24. The second-order valence-electron chi connectivity index (χ2n) is 8.24. The van der Waals surface area contributed by atoms with Gasteiger partial charge in [0.15, 0.2) is 5.78 Å². The first kappa shape index (κ1) is 23.6. The molecule has 0 bridgehead atoms. The summed E-state index contributed by atoms with van der Waals surface area (Å²) < 4.78 is 50.6. The second kappa shape index (κ2) is 8.50. The Labute approximate surface area is 183 Å². The van der Waals surface area contributed by atoms with Crippen molar-refractivity contribution >= 4 is 17.4 Å². The highest BCUT2D eigenvalue weighted by Gasteiger charge is 2.51. The molecule has 2 aromatic heterocycles. The third-order valence-corrected chi connectivity index (χ3v) is 5.80. The molecule has 7 nitrogen and oxygen atoms in total. The monoisotopic (exact) mass is 451 g/mol. The van der Waals surface area contributed by atoms with Gasteiger partial charge in [0.1, 0.15) is 23.2 Å². The molecule has 172 valence electrons. The standard InChI is InChI=1S/C22H24F3N3O4/c1-11-18(14-10-27-17(22(23,24)25)9-16(14)31-5)19(32-21(11,3)4)20(30)28-13-6-7-26-15(8-13)12(2)29/h6-11,18-19H,1-5H3,(H,26,28,30)/t11-,18-,19+/m1/s1. The summed E-state index contributed by atoms with van der Waals surface area (Å²) in [5.41, 5.74) is -0.943. The molecule has 10 heteroatoms. The summed E-state index contributed by atoms with van der Waals surface area (Å²) in [5.74, 6) is -1.66. The Bertz CT molecular complexity index is 1040. The van der Waals surface area contributed by atoms with Gasteiger partial charge >= 0.3 is 6.18 Å². The molecule has 2 aromatic rings. The highest BCUT2D eigenvalue weighted by atomic mass is 19.4. The van der Waals surface area contributed by atoms with Crippen molar-refractivity contribution in [1.82, 2.24) is 9.97 Å². The number of alkyl halides is 3. The predicted molar refractivity (Wildman–Crippen MR) is 110 cm³/mol. The third kappa shape index (κ3) is 4.59. The van der Waals surface area contributed by atoms with E-state index >= 15 is 0 Å². The summed E-state index contributed by atoms with van der Waals surface area (Å²) >= 11 is 0. The Morgan fingerprint density at radius 1 is 1.22 bits per heavy atom. The third-order valence-electron chi connectivity index (χ3n) is 5.80. The number of methoxy groups -OCH3 is 1. The number of ether oxygens (including phenoxy) is 2. The number of pyridine rings is 2. The summed E-state index contributed by atoms with van der Waals surface area (Å²) in [7, 11) is 1.26. The van der Waals surface area contributed by atoms with Crippen LogP contribution in [0.1, 0.15) is 55.4 Å². The van der Waals surface area contributed by atoms with Crippen LogP contribution in [-0.4, -0.2) is 40.5 Å². The fourth-order valence-corrected chi connectivity index (χ4v) is 3.80. The minimum absolute atomic E-state index is 0.0222. The van der Waals surface area contributed by atoms with E-state index in [9.17, 15) is 22.8 Å². The summed E-state index contributed by atoms with van der Waals surface area (Å²) in [4.78, 5) is 32.2. The topological polar surface area (TPSA) is 90.4 Å². The lowest BCUT2D eigenvalue weighted by atomic mass is 9.78. The Morgan fingerprint density at radius 3 is 2.50 bits per heavy atom. The number of Topliss-reactive ketones (excluding diaryl/α,β-unsaturated/α-hetero) is 1. The van der Waals surface area contributed by atoms with Gasteiger partial charge in [0.05, 0.1) is 12.7 Å². The Kier molecular flexibility index (Phi) is 6.28. The van der Waals surface area contributed by atoms with Crippen LogP contribution >= 0.6 is 0 Å². The van der Waals surface area contributed by atoms with Crippen molar-refractivity contribution < 1.29 is 32.2 Å². The Hall–Kier alpha value is -3.01. The van der Waals surface area contributed by atoms with Crippen LogP contribution in [0.3, 0.4) is 0 Å². The highest BCUT2D eigenvalue weighted by Crippen LogP contribution is 2.49. The first-order valence-electron chi connectivity index (χ1n) is 9.92. The van der Waals surface area contributed by atoms with E-state index < -0.39 is 35.4 Å². The highest BCUT2D eigenvalue weighted by molar-refractivity contribution is 5.97. The molecule has 3 heterocycles. The normalized spacial score (nSPS) is 22.4. The van der Waals surface area contributed by atoms with E-state index in [4.69, 9.17) is 9.47 Å². The zero-order chi connectivity index (χ0) is 23.8. The summed E-state index contributed by atoms with van der Waals surface area (Å²) in [6.45, 7) is 6.83. The molecule has 0 aromatic carbocycles. The van der Waals surface area contributed by atoms with Crippen LogP contribution in [0.15, 0.2) is 30.6 Å². The van der Waals surface area contributed by atoms with Gasteiger partial charge in [0.2, 0.25) is 0 Å². The van der Waals surface area contributed by atoms with Crippen LogP contribution in [0.5, 0.6) is 5.75 Å². The fourth-order valence-electron chi connectivity index (χ4n) is 3.80. The SMILES string of the molecule is COc1cc(C(F)(F)F)ncc1[C@@H]1[C@@H](C(=O)Nc2ccnc(C(C)=O)c2)OC(C)(C)[C@@H]1C. The van der Waals surface area contributed by atoms with Gasteiger partial charge in [-0.3, -0.25) is 19.6 Å². The summed E-state index contributed by atoms with van der Waals surface area (Å²) in [6, 6.07) is 3.80. The lowest BCUT2D eigenvalue weighted by Crippen LogP contribution is -2.33. The fraction of sp³-hybridized carbons (Fsp3) is 0.455. The van der Waals surface area contributed by atoms with Gasteiger partial charge in [0.25, 0.3) is 5.91 Å². The molecule has 1 amide bonds. The maximum atomic E-state index is 13.2. The smallest absolute Gasteiger partial charge is 0.433 e. The van der Waals surface area contributed by atoms with E-state index in [0.717, 1.165) is 12.3 Å². The van der Waals surface area contributed by atoms with Crippen LogP contribution in [0, 0.1) is 5.92 Å². The van der Waals surface area contributed by atoms with Crippen molar-refractivity contribution in [3.63, 3.8) is 0 Å². The van der Waals surface area contributed by atoms with Crippen molar-refractivity contribution in [3.8, 4) is 5.75 Å². The number of hydrogen-bond donors (Lipinski definition) is 1. The zero-order valence-electron chi connectivity index (χ0n) is 18.3. The number of nitrogens with zero attached hydrogens (tertiary/aromatic N) is 2. The summed E-state index contributed by atoms with van der Waals surface area (Å²) in [6.07, 6.45) is -3.17. The molecule has 0 spiro atoms. The van der Waals surface area contributed by atoms with Gasteiger partial charge in [-0.1, -0.05) is 6.92 Å². The summed E-state index contributed by atoms with van der Waals surface area (Å²) in [5, 5.41) is 2.71. The van der Waals surface area contributed by atoms with Crippen molar-refractivity contribution in [3.05, 3.63) is 47.5 Å². The van der Waals surface area contributed by atoms with Crippen LogP contribution < -0.4 is 10.1 Å². The van der Waals surface area contributed by atoms with Crippen molar-refractivity contribution in [2.24, 2.45) is 5.92 Å². The lowest BCUT2D eigenvalue weighted by molar-refractivity contribution is -0.141. The average Bonchev–Trinajstić information content (AvgIpc) is 2.96. The first-order valence-corrected chi connectivity index (χ1v) is 9.92. The van der Waals surface area contributed by atoms with Gasteiger partial charge in [-0.2, -0.15) is 13.2 Å². The van der Waals surface area contributed by atoms with E-state index in [-0.39, 0.29) is 23.1 Å². The minimum atomic E-state index is -4.63. The lowest BCUT2D eigenvalue weighted by Gasteiger charge is -2.25. The molecule has 0 aliphatic carbocycles. The number of ketones is 1.